The average Bonchev–Trinajstić information content (AvgIpc) is 3.58. The molecule has 1 heterocycles. The highest BCUT2D eigenvalue weighted by molar-refractivity contribution is 7.80. The van der Waals surface area contributed by atoms with Crippen molar-refractivity contribution in [3.8, 4) is 0 Å². The van der Waals surface area contributed by atoms with E-state index >= 15 is 0 Å². The van der Waals surface area contributed by atoms with Crippen molar-refractivity contribution in [1.29, 1.82) is 0 Å². The highest BCUT2D eigenvalue weighted by atomic mass is 32.1. The first-order valence-electron chi connectivity index (χ1n) is 15.1. The van der Waals surface area contributed by atoms with Crippen molar-refractivity contribution in [1.82, 2.24) is 5.32 Å². The van der Waals surface area contributed by atoms with Crippen LogP contribution in [0.4, 0.5) is 0 Å². The second-order valence-corrected chi connectivity index (χ2v) is 11.5. The van der Waals surface area contributed by atoms with Crippen molar-refractivity contribution < 1.29 is 58.4 Å². The van der Waals surface area contributed by atoms with Crippen molar-refractivity contribution in [3.63, 3.8) is 0 Å². The Bertz CT molecular complexity index is 1030. The lowest BCUT2D eigenvalue weighted by atomic mass is 10.0. The summed E-state index contributed by atoms with van der Waals surface area (Å²) in [6.45, 7) is 9.48. The molecule has 19 nitrogen and oxygen atoms in total. The van der Waals surface area contributed by atoms with Gasteiger partial charge < -0.3 is 64.5 Å². The van der Waals surface area contributed by atoms with Gasteiger partial charge >= 0.3 is 35.8 Å². The van der Waals surface area contributed by atoms with Crippen molar-refractivity contribution in [2.45, 2.75) is 109 Å². The number of primary amides is 1. The number of carbonyl (C=O) groups is 7. The zero-order chi connectivity index (χ0) is 38.3. The molecule has 1 rings (SSSR count). The molecule has 1 fully saturated rings. The van der Waals surface area contributed by atoms with Crippen LogP contribution in [-0.4, -0.2) is 112 Å². The number of hydrogen-bond donors (Lipinski definition) is 11. The van der Waals surface area contributed by atoms with E-state index in [4.69, 9.17) is 54.5 Å². The molecular formula is C28H55N7O12S. The molecule has 0 aliphatic carbocycles. The Labute approximate surface area is 285 Å². The number of carboxylic acid groups (broad SMARTS) is 3. The number of nitrogens with two attached hydrogens (primary N) is 6. The number of ether oxygens (including phenoxy) is 2. The molecule has 0 aromatic carbocycles. The van der Waals surface area contributed by atoms with Gasteiger partial charge in [-0.2, -0.15) is 12.6 Å². The van der Waals surface area contributed by atoms with Gasteiger partial charge in [0, 0.05) is 12.2 Å². The third-order valence-corrected chi connectivity index (χ3v) is 7.08. The quantitative estimate of drug-likeness (QED) is 0.0474. The van der Waals surface area contributed by atoms with E-state index in [1.165, 1.54) is 6.92 Å². The summed E-state index contributed by atoms with van der Waals surface area (Å²) in [6, 6.07) is -4.98. The van der Waals surface area contributed by atoms with Crippen LogP contribution in [0.25, 0.3) is 0 Å². The van der Waals surface area contributed by atoms with Gasteiger partial charge in [-0.15, -0.1) is 0 Å². The Morgan fingerprint density at radius 1 is 0.812 bits per heavy atom. The fraction of sp³-hybridized carbons (Fsp3) is 0.750. The van der Waals surface area contributed by atoms with E-state index in [1.807, 2.05) is 6.92 Å². The smallest absolute Gasteiger partial charge is 0.330 e. The summed E-state index contributed by atoms with van der Waals surface area (Å²) >= 11 is 3.65. The maximum atomic E-state index is 11.5. The summed E-state index contributed by atoms with van der Waals surface area (Å²) in [5.74, 6) is -5.79. The molecule has 1 amide bonds. The van der Waals surface area contributed by atoms with E-state index in [-0.39, 0.29) is 36.5 Å². The molecular weight excluding hydrogens is 658 g/mol. The van der Waals surface area contributed by atoms with E-state index in [0.717, 1.165) is 19.4 Å². The standard InChI is InChI=1S/C11H21N3O4.C9H18N2O4.C5H9NO2.C3H7NO2S/c1-3-6(2)9(14)11(17)18-10(16)7(12)4-5-8(13)15;1-4(2)6(10)9(14)15-5(3)7(11)8(12)13;7-5(8)4-2-1-3-6-4;4-2(1-7)3(5)6/h6-7,9H,3-5,12,14H2,1-2H3,(H2,13,15);4-7H,10-11H2,1-3H3,(H,12,13);4,6H,1-3H2,(H,7,8);2,7H,1,4H2,(H,5,6)/t6-,7-,9-;5-,6+,7+;4-;2-/m0100/s1. The molecule has 0 aromatic heterocycles. The minimum atomic E-state index is -1.23. The van der Waals surface area contributed by atoms with Crippen LogP contribution in [0.2, 0.25) is 0 Å². The topological polar surface area (TPSA) is 367 Å². The van der Waals surface area contributed by atoms with Crippen LogP contribution in [0.3, 0.4) is 0 Å². The Balaban J connectivity index is -0.000000602. The van der Waals surface area contributed by atoms with Gasteiger partial charge in [-0.1, -0.05) is 34.1 Å². The van der Waals surface area contributed by atoms with Crippen molar-refractivity contribution >= 4 is 54.4 Å². The predicted molar refractivity (Wildman–Crippen MR) is 177 cm³/mol. The summed E-state index contributed by atoms with van der Waals surface area (Å²) in [5.41, 5.74) is 31.7. The van der Waals surface area contributed by atoms with Crippen LogP contribution in [0.1, 0.15) is 66.7 Å². The molecule has 48 heavy (non-hydrogen) atoms. The average molecular weight is 714 g/mol. The number of aliphatic carboxylic acids is 3. The zero-order valence-corrected chi connectivity index (χ0v) is 29.0. The maximum absolute atomic E-state index is 11.5. The van der Waals surface area contributed by atoms with Gasteiger partial charge in [-0.25, -0.2) is 9.59 Å². The van der Waals surface area contributed by atoms with Crippen molar-refractivity contribution in [2.75, 3.05) is 12.3 Å². The van der Waals surface area contributed by atoms with Crippen LogP contribution in [0.15, 0.2) is 0 Å². The molecule has 16 N–H and O–H groups in total. The lowest BCUT2D eigenvalue weighted by Gasteiger charge is -2.20. The molecule has 20 heteroatoms. The summed E-state index contributed by atoms with van der Waals surface area (Å²) < 4.78 is 9.38. The molecule has 0 saturated carbocycles. The molecule has 0 radical (unpaired) electrons. The Morgan fingerprint density at radius 2 is 1.35 bits per heavy atom. The van der Waals surface area contributed by atoms with Gasteiger partial charge in [0.25, 0.3) is 0 Å². The minimum absolute atomic E-state index is 0.0398. The van der Waals surface area contributed by atoms with E-state index in [1.54, 1.807) is 20.8 Å². The lowest BCUT2D eigenvalue weighted by molar-refractivity contribution is -0.162. The number of nitrogens with one attached hydrogen (secondary N) is 1. The van der Waals surface area contributed by atoms with Crippen LogP contribution >= 0.6 is 12.6 Å². The number of rotatable bonds is 15. The molecule has 0 spiro atoms. The number of carboxylic acids is 3. The molecule has 1 saturated heterocycles. The molecule has 1 aliphatic heterocycles. The zero-order valence-electron chi connectivity index (χ0n) is 28.1. The highest BCUT2D eigenvalue weighted by Crippen LogP contribution is 2.08. The normalized spacial score (nSPS) is 17.8. The Morgan fingerprint density at radius 3 is 1.67 bits per heavy atom. The molecule has 1 aliphatic rings. The van der Waals surface area contributed by atoms with Crippen LogP contribution in [0.5, 0.6) is 0 Å². The summed E-state index contributed by atoms with van der Waals surface area (Å²) in [5, 5.41) is 27.8. The van der Waals surface area contributed by atoms with E-state index in [2.05, 4.69) is 22.7 Å². The van der Waals surface area contributed by atoms with E-state index < -0.39 is 78.0 Å². The first-order valence-corrected chi connectivity index (χ1v) is 15.7. The highest BCUT2D eigenvalue weighted by Gasteiger charge is 2.28. The Hall–Kier alpha value is -3.40. The van der Waals surface area contributed by atoms with Gasteiger partial charge in [0.15, 0.2) is 0 Å². The number of thiol groups is 1. The third-order valence-electron chi connectivity index (χ3n) is 6.69. The maximum Gasteiger partial charge on any atom is 0.330 e. The minimum Gasteiger partial charge on any atom is -0.480 e. The van der Waals surface area contributed by atoms with Crippen LogP contribution in [0, 0.1) is 11.8 Å². The molecule has 0 unspecified atom stereocenters. The van der Waals surface area contributed by atoms with Crippen molar-refractivity contribution in [2.24, 2.45) is 46.2 Å². The SMILES string of the molecule is CC(C)[C@H](N)C(=O)O[C@H](C)[C@H](N)C(=O)O.CC[C@H](C)[C@H](N)C(=O)OC(=O)[C@@H](N)CCC(N)=O.N[C@@H](CS)C(=O)O.O=C(O)[C@@H]1CCCN1. The first-order chi connectivity index (χ1) is 22.0. The molecule has 0 bridgehead atoms. The molecule has 280 valence electrons. The summed E-state index contributed by atoms with van der Waals surface area (Å²) in [4.78, 5) is 75.1. The summed E-state index contributed by atoms with van der Waals surface area (Å²) in [6.07, 6.45) is 1.59. The third kappa shape index (κ3) is 23.0. The van der Waals surface area contributed by atoms with Crippen LogP contribution < -0.4 is 39.7 Å². The van der Waals surface area contributed by atoms with E-state index in [9.17, 15) is 33.6 Å². The fourth-order valence-corrected chi connectivity index (χ4v) is 3.08. The molecule has 8 atom stereocenters. The lowest BCUT2D eigenvalue weighted by Crippen LogP contribution is -2.46. The number of hydrogen-bond acceptors (Lipinski definition) is 16. The second kappa shape index (κ2) is 26.5. The van der Waals surface area contributed by atoms with Gasteiger partial charge in [0.1, 0.15) is 42.4 Å². The Kier molecular flexibility index (Phi) is 27.1. The largest absolute Gasteiger partial charge is 0.480 e. The predicted octanol–water partition coefficient (Wildman–Crippen LogP) is -2.51. The number of amides is 1. The first kappa shape index (κ1) is 49.0. The monoisotopic (exact) mass is 713 g/mol. The molecule has 0 aromatic rings. The summed E-state index contributed by atoms with van der Waals surface area (Å²) in [7, 11) is 0. The number of carbonyl (C=O) groups excluding carboxylic acids is 4. The fourth-order valence-electron chi connectivity index (χ4n) is 2.93. The van der Waals surface area contributed by atoms with Crippen LogP contribution in [-0.2, 0) is 43.0 Å². The van der Waals surface area contributed by atoms with Gasteiger partial charge in [-0.3, -0.25) is 24.0 Å². The van der Waals surface area contributed by atoms with Gasteiger partial charge in [0.2, 0.25) is 5.91 Å². The number of esters is 3. The van der Waals surface area contributed by atoms with E-state index in [0.29, 0.717) is 6.42 Å². The van der Waals surface area contributed by atoms with Gasteiger partial charge in [0.05, 0.1) is 0 Å². The van der Waals surface area contributed by atoms with Gasteiger partial charge in [-0.05, 0) is 44.6 Å². The second-order valence-electron chi connectivity index (χ2n) is 11.2. The van der Waals surface area contributed by atoms with Crippen molar-refractivity contribution in [3.05, 3.63) is 0 Å².